The SMILES string of the molecule is CC(C)Oc1ccc(S(=O)(=O)Nc2ccc(N3CCCCCC3)nn2)cc1. The molecule has 0 atom stereocenters. The Labute approximate surface area is 160 Å². The van der Waals surface area contributed by atoms with Crippen molar-refractivity contribution in [2.24, 2.45) is 0 Å². The summed E-state index contributed by atoms with van der Waals surface area (Å²) in [5.74, 6) is 1.62. The molecule has 1 aliphatic rings. The summed E-state index contributed by atoms with van der Waals surface area (Å²) in [6, 6.07) is 9.78. The highest BCUT2D eigenvalue weighted by Crippen LogP contribution is 2.21. The predicted octanol–water partition coefficient (Wildman–Crippen LogP) is 3.45. The number of nitrogens with zero attached hydrogens (tertiary/aromatic N) is 3. The first kappa shape index (κ1) is 19.4. The van der Waals surface area contributed by atoms with Gasteiger partial charge in [0.15, 0.2) is 11.6 Å². The smallest absolute Gasteiger partial charge is 0.263 e. The van der Waals surface area contributed by atoms with E-state index in [2.05, 4.69) is 19.8 Å². The van der Waals surface area contributed by atoms with Crippen molar-refractivity contribution in [2.75, 3.05) is 22.7 Å². The van der Waals surface area contributed by atoms with Gasteiger partial charge in [-0.2, -0.15) is 0 Å². The Hall–Kier alpha value is -2.35. The van der Waals surface area contributed by atoms with Gasteiger partial charge in [0, 0.05) is 13.1 Å². The molecule has 0 aliphatic carbocycles. The lowest BCUT2D eigenvalue weighted by molar-refractivity contribution is 0.242. The third-order valence-corrected chi connectivity index (χ3v) is 5.70. The van der Waals surface area contributed by atoms with E-state index in [1.807, 2.05) is 19.9 Å². The lowest BCUT2D eigenvalue weighted by Gasteiger charge is -2.20. The molecule has 0 spiro atoms. The molecule has 0 saturated carbocycles. The minimum absolute atomic E-state index is 0.0311. The van der Waals surface area contributed by atoms with E-state index < -0.39 is 10.0 Å². The minimum Gasteiger partial charge on any atom is -0.491 e. The molecule has 1 aromatic carbocycles. The molecule has 27 heavy (non-hydrogen) atoms. The quantitative estimate of drug-likeness (QED) is 0.813. The third kappa shape index (κ3) is 5.32. The fraction of sp³-hybridized carbons (Fsp3) is 0.474. The van der Waals surface area contributed by atoms with Gasteiger partial charge in [0.2, 0.25) is 0 Å². The van der Waals surface area contributed by atoms with Crippen molar-refractivity contribution in [2.45, 2.75) is 50.5 Å². The van der Waals surface area contributed by atoms with Gasteiger partial charge in [-0.1, -0.05) is 12.8 Å². The molecular weight excluding hydrogens is 364 g/mol. The van der Waals surface area contributed by atoms with E-state index in [1.165, 1.54) is 25.0 Å². The highest BCUT2D eigenvalue weighted by atomic mass is 32.2. The van der Waals surface area contributed by atoms with E-state index >= 15 is 0 Å². The molecule has 1 aromatic heterocycles. The molecule has 0 unspecified atom stereocenters. The molecule has 146 valence electrons. The van der Waals surface area contributed by atoms with Crippen molar-refractivity contribution < 1.29 is 13.2 Å². The normalized spacial score (nSPS) is 15.4. The van der Waals surface area contributed by atoms with E-state index in [4.69, 9.17) is 4.74 Å². The number of nitrogens with one attached hydrogen (secondary N) is 1. The van der Waals surface area contributed by atoms with E-state index in [-0.39, 0.29) is 16.8 Å². The second-order valence-corrected chi connectivity index (χ2v) is 8.60. The largest absolute Gasteiger partial charge is 0.491 e. The topological polar surface area (TPSA) is 84.4 Å². The minimum atomic E-state index is -3.72. The molecule has 3 rings (SSSR count). The number of aromatic nitrogens is 2. The fourth-order valence-corrected chi connectivity index (χ4v) is 4.01. The monoisotopic (exact) mass is 390 g/mol. The maximum absolute atomic E-state index is 12.5. The summed E-state index contributed by atoms with van der Waals surface area (Å²) in [6.07, 6.45) is 4.80. The van der Waals surface area contributed by atoms with Crippen LogP contribution < -0.4 is 14.4 Å². The molecule has 2 aromatic rings. The average molecular weight is 391 g/mol. The van der Waals surface area contributed by atoms with Crippen LogP contribution in [0.4, 0.5) is 11.6 Å². The van der Waals surface area contributed by atoms with Crippen molar-refractivity contribution in [3.05, 3.63) is 36.4 Å². The first-order valence-electron chi connectivity index (χ1n) is 9.32. The Morgan fingerprint density at radius 3 is 2.19 bits per heavy atom. The summed E-state index contributed by atoms with van der Waals surface area (Å²) in [5.41, 5.74) is 0. The first-order chi connectivity index (χ1) is 12.9. The van der Waals surface area contributed by atoms with Crippen LogP contribution in [-0.2, 0) is 10.0 Å². The van der Waals surface area contributed by atoms with Gasteiger partial charge in [0.25, 0.3) is 10.0 Å². The molecule has 1 N–H and O–H groups in total. The predicted molar refractivity (Wildman–Crippen MR) is 106 cm³/mol. The zero-order chi connectivity index (χ0) is 19.3. The number of rotatable bonds is 6. The lowest BCUT2D eigenvalue weighted by Crippen LogP contribution is -2.25. The number of anilines is 2. The van der Waals surface area contributed by atoms with E-state index in [0.29, 0.717) is 5.75 Å². The number of benzene rings is 1. The Kier molecular flexibility index (Phi) is 6.15. The molecule has 2 heterocycles. The number of sulfonamides is 1. The summed E-state index contributed by atoms with van der Waals surface area (Å²) in [5, 5.41) is 8.24. The number of ether oxygens (including phenoxy) is 1. The molecule has 1 fully saturated rings. The second kappa shape index (κ2) is 8.56. The molecule has 8 heteroatoms. The molecule has 0 radical (unpaired) electrons. The zero-order valence-electron chi connectivity index (χ0n) is 15.8. The lowest BCUT2D eigenvalue weighted by atomic mass is 10.2. The maximum atomic E-state index is 12.5. The van der Waals surface area contributed by atoms with Crippen molar-refractivity contribution in [3.8, 4) is 5.75 Å². The van der Waals surface area contributed by atoms with Gasteiger partial charge in [-0.05, 0) is 63.1 Å². The molecule has 7 nitrogen and oxygen atoms in total. The van der Waals surface area contributed by atoms with Crippen molar-refractivity contribution >= 4 is 21.7 Å². The van der Waals surface area contributed by atoms with E-state index in [1.54, 1.807) is 18.2 Å². The molecule has 1 saturated heterocycles. The average Bonchev–Trinajstić information content (AvgIpc) is 2.91. The van der Waals surface area contributed by atoms with Crippen LogP contribution in [0.15, 0.2) is 41.3 Å². The van der Waals surface area contributed by atoms with Gasteiger partial charge in [-0.3, -0.25) is 4.72 Å². The van der Waals surface area contributed by atoms with Crippen LogP contribution in [0.3, 0.4) is 0 Å². The summed E-state index contributed by atoms with van der Waals surface area (Å²) in [7, 11) is -3.72. The summed E-state index contributed by atoms with van der Waals surface area (Å²) < 4.78 is 33.1. The molecule has 0 amide bonds. The van der Waals surface area contributed by atoms with Crippen molar-refractivity contribution in [1.82, 2.24) is 10.2 Å². The maximum Gasteiger partial charge on any atom is 0.263 e. The summed E-state index contributed by atoms with van der Waals surface area (Å²) in [4.78, 5) is 2.35. The van der Waals surface area contributed by atoms with Gasteiger partial charge in [-0.25, -0.2) is 8.42 Å². The van der Waals surface area contributed by atoms with Crippen LogP contribution in [0.5, 0.6) is 5.75 Å². The van der Waals surface area contributed by atoms with Gasteiger partial charge >= 0.3 is 0 Å². The molecule has 0 bridgehead atoms. The van der Waals surface area contributed by atoms with Gasteiger partial charge in [0.05, 0.1) is 11.0 Å². The Morgan fingerprint density at radius 2 is 1.63 bits per heavy atom. The van der Waals surface area contributed by atoms with Crippen LogP contribution in [0.1, 0.15) is 39.5 Å². The fourth-order valence-electron chi connectivity index (χ4n) is 3.01. The van der Waals surface area contributed by atoms with E-state index in [9.17, 15) is 8.42 Å². The van der Waals surface area contributed by atoms with Crippen LogP contribution in [0.25, 0.3) is 0 Å². The van der Waals surface area contributed by atoms with Gasteiger partial charge < -0.3 is 9.64 Å². The van der Waals surface area contributed by atoms with Crippen LogP contribution >= 0.6 is 0 Å². The Balaban J connectivity index is 1.68. The Bertz CT molecular complexity index is 828. The van der Waals surface area contributed by atoms with Crippen LogP contribution in [0, 0.1) is 0 Å². The first-order valence-corrected chi connectivity index (χ1v) is 10.8. The highest BCUT2D eigenvalue weighted by molar-refractivity contribution is 7.92. The van der Waals surface area contributed by atoms with Crippen LogP contribution in [-0.4, -0.2) is 37.8 Å². The summed E-state index contributed by atoms with van der Waals surface area (Å²) >= 11 is 0. The van der Waals surface area contributed by atoms with Crippen LogP contribution in [0.2, 0.25) is 0 Å². The standard InChI is InChI=1S/C19H26N4O3S/c1-15(2)26-16-7-9-17(10-8-16)27(24,25)22-18-11-12-19(21-20-18)23-13-5-3-4-6-14-23/h7-12,15H,3-6,13-14H2,1-2H3,(H,20,22). The van der Waals surface area contributed by atoms with Gasteiger partial charge in [-0.15, -0.1) is 10.2 Å². The van der Waals surface area contributed by atoms with Crippen molar-refractivity contribution in [3.63, 3.8) is 0 Å². The number of hydrogen-bond donors (Lipinski definition) is 1. The van der Waals surface area contributed by atoms with E-state index in [0.717, 1.165) is 31.7 Å². The second-order valence-electron chi connectivity index (χ2n) is 6.92. The third-order valence-electron chi connectivity index (χ3n) is 4.33. The number of hydrogen-bond acceptors (Lipinski definition) is 6. The summed E-state index contributed by atoms with van der Waals surface area (Å²) in [6.45, 7) is 5.76. The molecular formula is C19H26N4O3S. The van der Waals surface area contributed by atoms with Crippen molar-refractivity contribution in [1.29, 1.82) is 0 Å². The highest BCUT2D eigenvalue weighted by Gasteiger charge is 2.16. The van der Waals surface area contributed by atoms with Gasteiger partial charge in [0.1, 0.15) is 5.75 Å². The zero-order valence-corrected chi connectivity index (χ0v) is 16.6. The molecule has 1 aliphatic heterocycles. The Morgan fingerprint density at radius 1 is 0.963 bits per heavy atom.